The highest BCUT2D eigenvalue weighted by Crippen LogP contribution is 2.32. The molecule has 0 aliphatic heterocycles. The van der Waals surface area contributed by atoms with Gasteiger partial charge in [0.2, 0.25) is 0 Å². The molecule has 0 aliphatic rings. The summed E-state index contributed by atoms with van der Waals surface area (Å²) in [5.74, 6) is 0.761. The highest BCUT2D eigenvalue weighted by molar-refractivity contribution is 7.99. The van der Waals surface area contributed by atoms with Crippen LogP contribution >= 0.6 is 11.8 Å². The maximum Gasteiger partial charge on any atom is 0.312 e. The van der Waals surface area contributed by atoms with E-state index in [1.807, 2.05) is 20.8 Å². The SMILES string of the molecule is CCCCOC(=O)C(C)CC(C)(CSCCCCCCO)C(=O)OC. The molecule has 0 amide bonds. The Bertz CT molecular complexity index is 375. The Balaban J connectivity index is 4.40. The van der Waals surface area contributed by atoms with Crippen LogP contribution in [0, 0.1) is 11.3 Å². The number of ether oxygens (including phenoxy) is 2. The average molecular weight is 377 g/mol. The standard InChI is InChI=1S/C19H36O5S/c1-5-6-12-24-17(21)16(2)14-19(3,18(22)23-4)15-25-13-10-8-7-9-11-20/h16,20H,5-15H2,1-4H3. The van der Waals surface area contributed by atoms with Crippen molar-refractivity contribution in [2.45, 2.75) is 65.7 Å². The average Bonchev–Trinajstić information content (AvgIpc) is 2.60. The third-order valence-corrected chi connectivity index (χ3v) is 5.62. The fraction of sp³-hybridized carbons (Fsp3) is 0.895. The predicted octanol–water partition coefficient (Wildman–Crippen LogP) is 3.82. The molecule has 0 aromatic heterocycles. The van der Waals surface area contributed by atoms with Gasteiger partial charge in [-0.15, -0.1) is 0 Å². The second-order valence-corrected chi connectivity index (χ2v) is 7.97. The highest BCUT2D eigenvalue weighted by atomic mass is 32.2. The molecule has 2 atom stereocenters. The number of carbonyl (C=O) groups is 2. The van der Waals surface area contributed by atoms with E-state index >= 15 is 0 Å². The molecule has 1 N–H and O–H groups in total. The summed E-state index contributed by atoms with van der Waals surface area (Å²) in [6.07, 6.45) is 6.31. The molecular weight excluding hydrogens is 340 g/mol. The van der Waals surface area contributed by atoms with Crippen molar-refractivity contribution >= 4 is 23.7 Å². The third kappa shape index (κ3) is 10.8. The molecule has 148 valence electrons. The monoisotopic (exact) mass is 376 g/mol. The number of hydrogen-bond donors (Lipinski definition) is 1. The molecule has 0 saturated heterocycles. The molecule has 0 saturated carbocycles. The van der Waals surface area contributed by atoms with E-state index in [4.69, 9.17) is 14.6 Å². The molecule has 6 heteroatoms. The van der Waals surface area contributed by atoms with Gasteiger partial charge in [0.25, 0.3) is 0 Å². The van der Waals surface area contributed by atoms with Crippen LogP contribution in [0.4, 0.5) is 0 Å². The van der Waals surface area contributed by atoms with Crippen LogP contribution in [0.5, 0.6) is 0 Å². The van der Waals surface area contributed by atoms with Gasteiger partial charge in [0.1, 0.15) is 0 Å². The summed E-state index contributed by atoms with van der Waals surface area (Å²) < 4.78 is 10.2. The number of esters is 2. The zero-order valence-corrected chi connectivity index (χ0v) is 17.2. The largest absolute Gasteiger partial charge is 0.469 e. The van der Waals surface area contributed by atoms with Crippen molar-refractivity contribution in [3.05, 3.63) is 0 Å². The van der Waals surface area contributed by atoms with Gasteiger partial charge in [0.15, 0.2) is 0 Å². The number of carbonyl (C=O) groups excluding carboxylic acids is 2. The molecule has 2 unspecified atom stereocenters. The first-order chi connectivity index (χ1) is 11.9. The van der Waals surface area contributed by atoms with E-state index in [0.717, 1.165) is 44.3 Å². The van der Waals surface area contributed by atoms with E-state index in [-0.39, 0.29) is 24.5 Å². The van der Waals surface area contributed by atoms with Crippen LogP contribution in [-0.4, -0.2) is 48.9 Å². The van der Waals surface area contributed by atoms with Crippen molar-refractivity contribution in [3.8, 4) is 0 Å². The Hall–Kier alpha value is -0.750. The molecule has 0 bridgehead atoms. The van der Waals surface area contributed by atoms with Gasteiger partial charge in [-0.1, -0.05) is 33.1 Å². The molecule has 5 nitrogen and oxygen atoms in total. The van der Waals surface area contributed by atoms with Gasteiger partial charge in [-0.3, -0.25) is 9.59 Å². The number of rotatable bonds is 15. The van der Waals surface area contributed by atoms with E-state index in [9.17, 15) is 9.59 Å². The summed E-state index contributed by atoms with van der Waals surface area (Å²) in [6, 6.07) is 0. The lowest BCUT2D eigenvalue weighted by Gasteiger charge is -2.28. The molecule has 0 spiro atoms. The van der Waals surface area contributed by atoms with Gasteiger partial charge >= 0.3 is 11.9 Å². The maximum absolute atomic E-state index is 12.2. The molecule has 0 rings (SSSR count). The van der Waals surface area contributed by atoms with Crippen molar-refractivity contribution in [1.82, 2.24) is 0 Å². The Morgan fingerprint density at radius 2 is 1.84 bits per heavy atom. The van der Waals surface area contributed by atoms with Crippen molar-refractivity contribution in [1.29, 1.82) is 0 Å². The van der Waals surface area contributed by atoms with Crippen molar-refractivity contribution in [2.24, 2.45) is 11.3 Å². The first kappa shape index (κ1) is 24.2. The van der Waals surface area contributed by atoms with Gasteiger partial charge in [0, 0.05) is 12.4 Å². The van der Waals surface area contributed by atoms with Crippen LogP contribution < -0.4 is 0 Å². The van der Waals surface area contributed by atoms with E-state index in [1.165, 1.54) is 7.11 Å². The minimum atomic E-state index is -0.687. The van der Waals surface area contributed by atoms with Gasteiger partial charge in [-0.2, -0.15) is 11.8 Å². The topological polar surface area (TPSA) is 72.8 Å². The smallest absolute Gasteiger partial charge is 0.312 e. The lowest BCUT2D eigenvalue weighted by atomic mass is 9.83. The second-order valence-electron chi connectivity index (χ2n) is 6.87. The normalized spacial score (nSPS) is 14.6. The van der Waals surface area contributed by atoms with Crippen molar-refractivity contribution in [3.63, 3.8) is 0 Å². The summed E-state index contributed by atoms with van der Waals surface area (Å²) in [5, 5.41) is 8.77. The molecule has 0 aromatic carbocycles. The van der Waals surface area contributed by atoms with Crippen LogP contribution in [0.3, 0.4) is 0 Å². The third-order valence-electron chi connectivity index (χ3n) is 4.20. The van der Waals surface area contributed by atoms with Gasteiger partial charge in [0.05, 0.1) is 25.0 Å². The summed E-state index contributed by atoms with van der Waals surface area (Å²) >= 11 is 1.72. The number of aliphatic hydroxyl groups is 1. The Kier molecular flexibility index (Phi) is 14.0. The highest BCUT2D eigenvalue weighted by Gasteiger charge is 2.37. The molecule has 0 aromatic rings. The predicted molar refractivity (Wildman–Crippen MR) is 103 cm³/mol. The zero-order chi connectivity index (χ0) is 19.1. The summed E-state index contributed by atoms with van der Waals surface area (Å²) in [6.45, 7) is 6.42. The first-order valence-corrected chi connectivity index (χ1v) is 10.5. The minimum Gasteiger partial charge on any atom is -0.469 e. The number of methoxy groups -OCH3 is 1. The molecule has 0 fully saturated rings. The fourth-order valence-electron chi connectivity index (χ4n) is 2.63. The van der Waals surface area contributed by atoms with Gasteiger partial charge in [-0.25, -0.2) is 0 Å². The number of unbranched alkanes of at least 4 members (excludes halogenated alkanes) is 4. The van der Waals surface area contributed by atoms with Crippen LogP contribution in [0.15, 0.2) is 0 Å². The van der Waals surface area contributed by atoms with E-state index in [2.05, 4.69) is 0 Å². The van der Waals surface area contributed by atoms with Crippen LogP contribution in [-0.2, 0) is 19.1 Å². The van der Waals surface area contributed by atoms with Crippen LogP contribution in [0.25, 0.3) is 0 Å². The van der Waals surface area contributed by atoms with E-state index in [0.29, 0.717) is 18.8 Å². The Morgan fingerprint density at radius 1 is 1.16 bits per heavy atom. The Labute approximate surface area is 157 Å². The number of thioether (sulfide) groups is 1. The molecule has 25 heavy (non-hydrogen) atoms. The maximum atomic E-state index is 12.2. The summed E-state index contributed by atoms with van der Waals surface area (Å²) in [7, 11) is 1.39. The lowest BCUT2D eigenvalue weighted by molar-refractivity contribution is -0.154. The van der Waals surface area contributed by atoms with E-state index in [1.54, 1.807) is 11.8 Å². The number of hydrogen-bond acceptors (Lipinski definition) is 6. The lowest BCUT2D eigenvalue weighted by Crippen LogP contribution is -2.35. The van der Waals surface area contributed by atoms with Crippen LogP contribution in [0.1, 0.15) is 65.7 Å². The van der Waals surface area contributed by atoms with Crippen LogP contribution in [0.2, 0.25) is 0 Å². The molecule has 0 heterocycles. The van der Waals surface area contributed by atoms with E-state index < -0.39 is 5.41 Å². The molecule has 0 aliphatic carbocycles. The summed E-state index contributed by atoms with van der Waals surface area (Å²) in [4.78, 5) is 24.3. The van der Waals surface area contributed by atoms with Gasteiger partial charge < -0.3 is 14.6 Å². The second kappa shape index (κ2) is 14.4. The quantitative estimate of drug-likeness (QED) is 0.346. The molecular formula is C19H36O5S. The summed E-state index contributed by atoms with van der Waals surface area (Å²) in [5.41, 5.74) is -0.687. The Morgan fingerprint density at radius 3 is 2.44 bits per heavy atom. The first-order valence-electron chi connectivity index (χ1n) is 9.35. The van der Waals surface area contributed by atoms with Crippen molar-refractivity contribution in [2.75, 3.05) is 31.8 Å². The zero-order valence-electron chi connectivity index (χ0n) is 16.3. The van der Waals surface area contributed by atoms with Gasteiger partial charge in [-0.05, 0) is 38.4 Å². The fourth-order valence-corrected chi connectivity index (χ4v) is 3.87. The molecule has 0 radical (unpaired) electrons. The van der Waals surface area contributed by atoms with Crippen molar-refractivity contribution < 1.29 is 24.2 Å². The number of aliphatic hydroxyl groups excluding tert-OH is 1. The minimum absolute atomic E-state index is 0.238.